The summed E-state index contributed by atoms with van der Waals surface area (Å²) in [6.45, 7) is 4.04. The second kappa shape index (κ2) is 10.6. The predicted octanol–water partition coefficient (Wildman–Crippen LogP) is 4.70. The fraction of sp³-hybridized carbons (Fsp3) is 0.348. The van der Waals surface area contributed by atoms with Crippen LogP contribution in [0, 0.1) is 10.1 Å². The van der Waals surface area contributed by atoms with Gasteiger partial charge < -0.3 is 19.9 Å². The third kappa shape index (κ3) is 4.98. The second-order valence-corrected chi connectivity index (χ2v) is 8.61. The Morgan fingerprint density at radius 1 is 1.21 bits per heavy atom. The number of ether oxygens (including phenoxy) is 2. The molecule has 1 N–H and O–H groups in total. The molecule has 34 heavy (non-hydrogen) atoms. The quantitative estimate of drug-likeness (QED) is 0.198. The zero-order valence-electron chi connectivity index (χ0n) is 18.8. The molecule has 10 nitrogen and oxygen atoms in total. The zero-order valence-corrected chi connectivity index (χ0v) is 19.6. The average Bonchev–Trinajstić information content (AvgIpc) is 2.99. The third-order valence-electron chi connectivity index (χ3n) is 5.17. The minimum atomic E-state index is -0.879. The normalized spacial score (nSPS) is 14.2. The van der Waals surface area contributed by atoms with Crippen LogP contribution in [0.3, 0.4) is 0 Å². The first-order chi connectivity index (χ1) is 16.5. The third-order valence-corrected chi connectivity index (χ3v) is 6.09. The number of nitrogens with one attached hydrogen (secondary N) is 1. The fourth-order valence-corrected chi connectivity index (χ4v) is 4.31. The van der Waals surface area contributed by atoms with Gasteiger partial charge in [0, 0.05) is 34.4 Å². The molecule has 0 unspecified atom stereocenters. The molecule has 1 atom stereocenters. The second-order valence-electron chi connectivity index (χ2n) is 7.55. The van der Waals surface area contributed by atoms with E-state index in [2.05, 4.69) is 27.4 Å². The molecule has 2 aromatic carbocycles. The van der Waals surface area contributed by atoms with Gasteiger partial charge in [-0.2, -0.15) is 4.98 Å². The molecular formula is C23H24N5O5S-. The van der Waals surface area contributed by atoms with Gasteiger partial charge in [0.05, 0.1) is 11.5 Å². The number of aromatic nitrogens is 3. The number of para-hydroxylation sites is 1. The van der Waals surface area contributed by atoms with E-state index in [1.54, 1.807) is 6.92 Å². The molecule has 2 heterocycles. The first kappa shape index (κ1) is 23.6. The fourth-order valence-electron chi connectivity index (χ4n) is 3.53. The van der Waals surface area contributed by atoms with Gasteiger partial charge in [-0.3, -0.25) is 10.1 Å². The molecule has 1 aliphatic heterocycles. The highest BCUT2D eigenvalue weighted by molar-refractivity contribution is 7.99. The van der Waals surface area contributed by atoms with Gasteiger partial charge in [-0.05, 0) is 25.5 Å². The summed E-state index contributed by atoms with van der Waals surface area (Å²) in [6.07, 6.45) is 2.41. The number of unbranched alkanes of at least 4 members (excludes halogenated alkanes) is 2. The van der Waals surface area contributed by atoms with Crippen molar-refractivity contribution in [3.8, 4) is 28.6 Å². The minimum Gasteiger partial charge on any atom is -0.865 e. The molecule has 4 rings (SSSR count). The number of nitro benzene ring substituents is 1. The first-order valence-electron chi connectivity index (χ1n) is 11.0. The van der Waals surface area contributed by atoms with E-state index >= 15 is 0 Å². The highest BCUT2D eigenvalue weighted by Crippen LogP contribution is 2.42. The van der Waals surface area contributed by atoms with Gasteiger partial charge in [-0.25, -0.2) is 0 Å². The molecule has 3 aromatic rings. The standard InChI is InChI=1S/C23H25N5O5S/c1-3-5-8-11-34-23-25-22-19(26-27-23)15-9-6-7-10-16(15)24-21(33-22)14-12-17(28(30)31)20(29)18(13-14)32-4-2/h6-7,9-10,12-13,21,24,29H,3-5,8,11H2,1-2H3/p-1/t21-/m0/s1. The van der Waals surface area contributed by atoms with E-state index in [1.807, 2.05) is 24.3 Å². The molecule has 0 bridgehead atoms. The van der Waals surface area contributed by atoms with Crippen LogP contribution in [0.4, 0.5) is 11.4 Å². The monoisotopic (exact) mass is 482 g/mol. The molecule has 0 amide bonds. The number of hydrogen-bond donors (Lipinski definition) is 1. The lowest BCUT2D eigenvalue weighted by Crippen LogP contribution is -2.18. The number of fused-ring (bicyclic) bond motifs is 3. The number of nitro groups is 1. The predicted molar refractivity (Wildman–Crippen MR) is 126 cm³/mol. The first-order valence-corrected chi connectivity index (χ1v) is 12.0. The van der Waals surface area contributed by atoms with Crippen molar-refractivity contribution in [3.63, 3.8) is 0 Å². The SMILES string of the molecule is CCCCCSc1nnc2c(n1)O[C@@H](c1cc(OCC)c([O-])c([N+](=O)[O-])c1)Nc1ccccc1-2. The van der Waals surface area contributed by atoms with Gasteiger partial charge >= 0.3 is 0 Å². The molecule has 1 aliphatic rings. The van der Waals surface area contributed by atoms with Crippen LogP contribution in [0.1, 0.15) is 44.9 Å². The Morgan fingerprint density at radius 2 is 2.03 bits per heavy atom. The highest BCUT2D eigenvalue weighted by Gasteiger charge is 2.28. The summed E-state index contributed by atoms with van der Waals surface area (Å²) in [5, 5.41) is 36.3. The molecule has 0 saturated carbocycles. The van der Waals surface area contributed by atoms with Crippen molar-refractivity contribution in [3.05, 3.63) is 52.1 Å². The van der Waals surface area contributed by atoms with E-state index in [4.69, 9.17) is 9.47 Å². The zero-order chi connectivity index (χ0) is 24.1. The van der Waals surface area contributed by atoms with Crippen molar-refractivity contribution < 1.29 is 19.5 Å². The average molecular weight is 483 g/mol. The number of nitrogens with zero attached hydrogens (tertiary/aromatic N) is 4. The number of anilines is 1. The van der Waals surface area contributed by atoms with Crippen molar-refractivity contribution in [1.29, 1.82) is 0 Å². The maximum atomic E-state index is 12.4. The Morgan fingerprint density at radius 3 is 2.79 bits per heavy atom. The molecule has 11 heteroatoms. The summed E-state index contributed by atoms with van der Waals surface area (Å²) < 4.78 is 11.6. The maximum absolute atomic E-state index is 12.4. The van der Waals surface area contributed by atoms with Gasteiger partial charge in [-0.1, -0.05) is 49.7 Å². The van der Waals surface area contributed by atoms with Gasteiger partial charge in [0.2, 0.25) is 11.0 Å². The Balaban J connectivity index is 1.75. The van der Waals surface area contributed by atoms with E-state index < -0.39 is 22.6 Å². The van der Waals surface area contributed by atoms with Crippen molar-refractivity contribution in [1.82, 2.24) is 15.2 Å². The molecule has 0 aliphatic carbocycles. The van der Waals surface area contributed by atoms with Crippen molar-refractivity contribution in [2.75, 3.05) is 17.7 Å². The van der Waals surface area contributed by atoms with Crippen LogP contribution in [0.25, 0.3) is 11.3 Å². The van der Waals surface area contributed by atoms with E-state index in [0.29, 0.717) is 22.1 Å². The Kier molecular flexibility index (Phi) is 7.31. The van der Waals surface area contributed by atoms with Crippen LogP contribution < -0.4 is 19.9 Å². The Hall–Kier alpha value is -3.60. The Labute approximate surface area is 200 Å². The van der Waals surface area contributed by atoms with Gasteiger partial charge in [-0.15, -0.1) is 10.2 Å². The topological polar surface area (TPSA) is 135 Å². The van der Waals surface area contributed by atoms with Crippen LogP contribution in [-0.4, -0.2) is 32.5 Å². The highest BCUT2D eigenvalue weighted by atomic mass is 32.2. The molecule has 0 radical (unpaired) electrons. The largest absolute Gasteiger partial charge is 0.865 e. The summed E-state index contributed by atoms with van der Waals surface area (Å²) in [5.74, 6) is 0.228. The molecule has 0 spiro atoms. The van der Waals surface area contributed by atoms with Crippen LogP contribution in [0.2, 0.25) is 0 Å². The summed E-state index contributed by atoms with van der Waals surface area (Å²) in [6, 6.07) is 10.1. The number of thioether (sulfide) groups is 1. The molecule has 0 fully saturated rings. The smallest absolute Gasteiger partial charge is 0.265 e. The number of hydrogen-bond acceptors (Lipinski definition) is 10. The van der Waals surface area contributed by atoms with Crippen LogP contribution in [0.5, 0.6) is 17.4 Å². The summed E-state index contributed by atoms with van der Waals surface area (Å²) in [5.41, 5.74) is 1.66. The number of rotatable bonds is 9. The van der Waals surface area contributed by atoms with E-state index in [-0.39, 0.29) is 18.2 Å². The molecule has 178 valence electrons. The van der Waals surface area contributed by atoms with Crippen molar-refractivity contribution in [2.45, 2.75) is 44.5 Å². The lowest BCUT2D eigenvalue weighted by atomic mass is 10.1. The molecular weight excluding hydrogens is 458 g/mol. The van der Waals surface area contributed by atoms with E-state index in [1.165, 1.54) is 23.9 Å². The van der Waals surface area contributed by atoms with Gasteiger partial charge in [0.25, 0.3) is 5.69 Å². The summed E-state index contributed by atoms with van der Waals surface area (Å²) >= 11 is 1.50. The lowest BCUT2D eigenvalue weighted by Gasteiger charge is -2.22. The van der Waals surface area contributed by atoms with Gasteiger partial charge in [0.15, 0.2) is 11.9 Å². The van der Waals surface area contributed by atoms with Crippen molar-refractivity contribution >= 4 is 23.1 Å². The van der Waals surface area contributed by atoms with Crippen molar-refractivity contribution in [2.24, 2.45) is 0 Å². The van der Waals surface area contributed by atoms with Gasteiger partial charge in [0.1, 0.15) is 5.75 Å². The minimum absolute atomic E-state index is 0.108. The maximum Gasteiger partial charge on any atom is 0.265 e. The molecule has 0 saturated heterocycles. The van der Waals surface area contributed by atoms with Crippen LogP contribution in [-0.2, 0) is 0 Å². The van der Waals surface area contributed by atoms with Crippen LogP contribution >= 0.6 is 11.8 Å². The van der Waals surface area contributed by atoms with Crippen LogP contribution in [0.15, 0.2) is 41.6 Å². The van der Waals surface area contributed by atoms with E-state index in [9.17, 15) is 15.2 Å². The molecule has 1 aromatic heterocycles. The summed E-state index contributed by atoms with van der Waals surface area (Å²) in [4.78, 5) is 15.4. The Bertz CT molecular complexity index is 1190. The lowest BCUT2D eigenvalue weighted by molar-refractivity contribution is -0.398. The summed E-state index contributed by atoms with van der Waals surface area (Å²) in [7, 11) is 0. The number of benzene rings is 2. The van der Waals surface area contributed by atoms with E-state index in [0.717, 1.165) is 30.6 Å².